The van der Waals surface area contributed by atoms with Crippen LogP contribution in [0.15, 0.2) is 83.8 Å². The van der Waals surface area contributed by atoms with Gasteiger partial charge in [0.2, 0.25) is 0 Å². The Bertz CT molecular complexity index is 1080. The van der Waals surface area contributed by atoms with Gasteiger partial charge in [0.15, 0.2) is 0 Å². The molecule has 0 unspecified atom stereocenters. The van der Waals surface area contributed by atoms with Gasteiger partial charge in [0.25, 0.3) is 15.9 Å². The molecule has 0 aromatic heterocycles. The molecule has 3 rings (SSSR count). The lowest BCUT2D eigenvalue weighted by Crippen LogP contribution is -2.28. The number of carbonyl (C=O) groups is 1. The highest BCUT2D eigenvalue weighted by molar-refractivity contribution is 7.89. The highest BCUT2D eigenvalue weighted by Crippen LogP contribution is 2.29. The second-order valence-electron chi connectivity index (χ2n) is 6.28. The van der Waals surface area contributed by atoms with Gasteiger partial charge in [0.05, 0.1) is 18.6 Å². The van der Waals surface area contributed by atoms with E-state index in [9.17, 15) is 13.2 Å². The number of hydrogen-bond donors (Lipinski definition) is 2. The lowest BCUT2D eigenvalue weighted by Gasteiger charge is -2.12. The van der Waals surface area contributed by atoms with Crippen molar-refractivity contribution in [3.63, 3.8) is 0 Å². The van der Waals surface area contributed by atoms with Crippen LogP contribution in [0.25, 0.3) is 11.1 Å². The van der Waals surface area contributed by atoms with E-state index in [0.29, 0.717) is 18.7 Å². The third-order valence-corrected chi connectivity index (χ3v) is 5.52. The number of nitrogens with one attached hydrogen (secondary N) is 2. The van der Waals surface area contributed by atoms with E-state index in [1.165, 1.54) is 31.4 Å². The van der Waals surface area contributed by atoms with Crippen molar-refractivity contribution < 1.29 is 22.8 Å². The minimum absolute atomic E-state index is 0.00162. The highest BCUT2D eigenvalue weighted by atomic mass is 32.2. The van der Waals surface area contributed by atoms with Crippen molar-refractivity contribution in [2.45, 2.75) is 4.90 Å². The number of sulfonamides is 1. The largest absolute Gasteiger partial charge is 0.491 e. The van der Waals surface area contributed by atoms with E-state index in [1.54, 1.807) is 0 Å². The van der Waals surface area contributed by atoms with E-state index in [-0.39, 0.29) is 10.8 Å². The molecule has 7 nitrogen and oxygen atoms in total. The van der Waals surface area contributed by atoms with Crippen molar-refractivity contribution in [2.75, 3.05) is 20.3 Å². The Morgan fingerprint density at radius 2 is 1.57 bits per heavy atom. The summed E-state index contributed by atoms with van der Waals surface area (Å²) in [5, 5.41) is 2.76. The summed E-state index contributed by atoms with van der Waals surface area (Å²) in [5.74, 6) is 0.414. The molecular formula is C22H22N2O5S. The summed E-state index contributed by atoms with van der Waals surface area (Å²) >= 11 is 0. The van der Waals surface area contributed by atoms with Crippen LogP contribution in [0.2, 0.25) is 0 Å². The maximum absolute atomic E-state index is 12.3. The summed E-state index contributed by atoms with van der Waals surface area (Å²) in [6.45, 7) is 0.590. The van der Waals surface area contributed by atoms with Crippen LogP contribution in [-0.2, 0) is 14.9 Å². The third kappa shape index (κ3) is 5.44. The Morgan fingerprint density at radius 3 is 2.27 bits per heavy atom. The average Bonchev–Trinajstić information content (AvgIpc) is 2.77. The van der Waals surface area contributed by atoms with Crippen molar-refractivity contribution in [2.24, 2.45) is 0 Å². The zero-order valence-corrected chi connectivity index (χ0v) is 17.2. The Morgan fingerprint density at radius 1 is 0.900 bits per heavy atom. The Balaban J connectivity index is 1.55. The molecule has 3 aromatic rings. The summed E-state index contributed by atoms with van der Waals surface area (Å²) in [6, 6.07) is 23.2. The lowest BCUT2D eigenvalue weighted by atomic mass is 10.1. The molecular weight excluding hydrogens is 404 g/mol. The molecule has 0 aliphatic heterocycles. The van der Waals surface area contributed by atoms with E-state index in [2.05, 4.69) is 10.2 Å². The Kier molecular flexibility index (Phi) is 7.18. The maximum atomic E-state index is 12.3. The molecule has 0 fully saturated rings. The Labute approximate surface area is 175 Å². The van der Waals surface area contributed by atoms with Crippen LogP contribution in [0.1, 0.15) is 10.4 Å². The third-order valence-electron chi connectivity index (χ3n) is 4.24. The molecule has 0 aliphatic rings. The van der Waals surface area contributed by atoms with Gasteiger partial charge in [-0.2, -0.15) is 0 Å². The van der Waals surface area contributed by atoms with Crippen LogP contribution < -0.4 is 14.9 Å². The number of carbonyl (C=O) groups excluding carboxylic acids is 1. The fourth-order valence-corrected chi connectivity index (χ4v) is 3.63. The second-order valence-corrected chi connectivity index (χ2v) is 7.93. The molecule has 1 amide bonds. The van der Waals surface area contributed by atoms with E-state index < -0.39 is 10.0 Å². The summed E-state index contributed by atoms with van der Waals surface area (Å²) < 4.78 is 29.5. The number of benzene rings is 3. The quantitative estimate of drug-likeness (QED) is 0.405. The molecule has 0 spiro atoms. The van der Waals surface area contributed by atoms with Crippen molar-refractivity contribution in [1.82, 2.24) is 10.2 Å². The topological polar surface area (TPSA) is 93.7 Å². The molecule has 0 saturated carbocycles. The van der Waals surface area contributed by atoms with Gasteiger partial charge in [0.1, 0.15) is 12.4 Å². The summed E-state index contributed by atoms with van der Waals surface area (Å²) in [4.78, 5) is 18.6. The van der Waals surface area contributed by atoms with Gasteiger partial charge in [-0.05, 0) is 35.9 Å². The summed E-state index contributed by atoms with van der Waals surface area (Å²) in [7, 11) is -2.55. The maximum Gasteiger partial charge on any atom is 0.262 e. The van der Waals surface area contributed by atoms with Gasteiger partial charge in [-0.15, -0.1) is 0 Å². The first-order valence-corrected chi connectivity index (χ1v) is 10.7. The van der Waals surface area contributed by atoms with Gasteiger partial charge in [-0.25, -0.2) is 8.42 Å². The SMILES string of the molecule is CONS(=O)(=O)c1ccc(C(=O)NCCOc2ccccc2-c2ccccc2)cc1. The summed E-state index contributed by atoms with van der Waals surface area (Å²) in [6.07, 6.45) is 0. The standard InChI is InChI=1S/C22H22N2O5S/c1-28-24-30(26,27)19-13-11-18(12-14-19)22(25)23-15-16-29-21-10-6-5-9-20(21)17-7-3-2-4-8-17/h2-14,24H,15-16H2,1H3,(H,23,25). The van der Waals surface area contributed by atoms with Gasteiger partial charge in [-0.3, -0.25) is 9.63 Å². The van der Waals surface area contributed by atoms with Crippen LogP contribution in [0.3, 0.4) is 0 Å². The number of amides is 1. The van der Waals surface area contributed by atoms with Crippen molar-refractivity contribution in [3.05, 3.63) is 84.4 Å². The molecule has 0 radical (unpaired) electrons. The molecule has 3 aromatic carbocycles. The van der Waals surface area contributed by atoms with Crippen LogP contribution in [0.4, 0.5) is 0 Å². The number of ether oxygens (including phenoxy) is 1. The van der Waals surface area contributed by atoms with E-state index >= 15 is 0 Å². The first kappa shape index (κ1) is 21.5. The number of para-hydroxylation sites is 1. The molecule has 0 heterocycles. The van der Waals surface area contributed by atoms with Crippen LogP contribution in [0.5, 0.6) is 5.75 Å². The normalized spacial score (nSPS) is 11.1. The minimum atomic E-state index is -3.76. The summed E-state index contributed by atoms with van der Waals surface area (Å²) in [5.41, 5.74) is 2.37. The fraction of sp³-hybridized carbons (Fsp3) is 0.136. The smallest absolute Gasteiger partial charge is 0.262 e. The first-order chi connectivity index (χ1) is 14.5. The average molecular weight is 426 g/mol. The minimum Gasteiger partial charge on any atom is -0.491 e. The van der Waals surface area contributed by atoms with Crippen LogP contribution in [0, 0.1) is 0 Å². The molecule has 30 heavy (non-hydrogen) atoms. The molecule has 156 valence electrons. The van der Waals surface area contributed by atoms with E-state index in [0.717, 1.165) is 16.9 Å². The highest BCUT2D eigenvalue weighted by Gasteiger charge is 2.14. The van der Waals surface area contributed by atoms with Gasteiger partial charge in [-0.1, -0.05) is 53.4 Å². The van der Waals surface area contributed by atoms with Crippen LogP contribution in [-0.4, -0.2) is 34.6 Å². The number of rotatable bonds is 9. The zero-order valence-electron chi connectivity index (χ0n) is 16.4. The molecule has 8 heteroatoms. The number of hydrogen-bond acceptors (Lipinski definition) is 5. The lowest BCUT2D eigenvalue weighted by molar-refractivity contribution is 0.0947. The van der Waals surface area contributed by atoms with Gasteiger partial charge in [0, 0.05) is 11.1 Å². The first-order valence-electron chi connectivity index (χ1n) is 9.21. The Hall–Kier alpha value is -3.20. The van der Waals surface area contributed by atoms with Crippen molar-refractivity contribution in [3.8, 4) is 16.9 Å². The molecule has 0 aliphatic carbocycles. The van der Waals surface area contributed by atoms with E-state index in [4.69, 9.17) is 4.74 Å². The zero-order chi connectivity index (χ0) is 21.4. The monoisotopic (exact) mass is 426 g/mol. The molecule has 2 N–H and O–H groups in total. The molecule has 0 bridgehead atoms. The predicted molar refractivity (Wildman–Crippen MR) is 113 cm³/mol. The van der Waals surface area contributed by atoms with Crippen molar-refractivity contribution >= 4 is 15.9 Å². The van der Waals surface area contributed by atoms with Crippen LogP contribution >= 0.6 is 0 Å². The molecule has 0 atom stereocenters. The van der Waals surface area contributed by atoms with Crippen molar-refractivity contribution in [1.29, 1.82) is 0 Å². The van der Waals surface area contributed by atoms with Gasteiger partial charge < -0.3 is 10.1 Å². The van der Waals surface area contributed by atoms with Gasteiger partial charge >= 0.3 is 0 Å². The second kappa shape index (κ2) is 10.0. The molecule has 0 saturated heterocycles. The fourth-order valence-electron chi connectivity index (χ4n) is 2.82. The predicted octanol–water partition coefficient (Wildman–Crippen LogP) is 3.00. The van der Waals surface area contributed by atoms with E-state index in [1.807, 2.05) is 59.5 Å².